The Morgan fingerprint density at radius 3 is 2.30 bits per heavy atom. The van der Waals surface area contributed by atoms with Crippen molar-refractivity contribution >= 4 is 27.5 Å². The van der Waals surface area contributed by atoms with E-state index in [1.807, 2.05) is 12.1 Å². The summed E-state index contributed by atoms with van der Waals surface area (Å²) in [5, 5.41) is 0. The molecule has 0 unspecified atom stereocenters. The normalized spacial score (nSPS) is 18.4. The summed E-state index contributed by atoms with van der Waals surface area (Å²) in [6, 6.07) is 11.7. The van der Waals surface area contributed by atoms with Crippen LogP contribution in [0.3, 0.4) is 0 Å². The SMILES string of the molecule is C=C1c2ccccc2C(=O)N1CC(=O)N1CCN(S(=O)(=O)c2ccc3c(c2)OCCO3)CC1. The molecule has 0 atom stereocenters. The average Bonchev–Trinajstić information content (AvgIpc) is 3.08. The van der Waals surface area contributed by atoms with Crippen LogP contribution in [0, 0.1) is 0 Å². The number of benzene rings is 2. The molecule has 3 aliphatic heterocycles. The molecule has 5 rings (SSSR count). The molecule has 0 aromatic heterocycles. The minimum atomic E-state index is -3.74. The number of hydrogen-bond acceptors (Lipinski definition) is 6. The van der Waals surface area contributed by atoms with E-state index in [-0.39, 0.29) is 49.4 Å². The van der Waals surface area contributed by atoms with E-state index in [0.29, 0.717) is 36.0 Å². The molecule has 2 aromatic carbocycles. The Morgan fingerprint density at radius 1 is 0.939 bits per heavy atom. The highest BCUT2D eigenvalue weighted by Gasteiger charge is 2.35. The van der Waals surface area contributed by atoms with Gasteiger partial charge in [-0.15, -0.1) is 0 Å². The molecule has 2 amide bonds. The molecule has 0 spiro atoms. The molecular weight excluding hydrogens is 446 g/mol. The molecule has 0 bridgehead atoms. The van der Waals surface area contributed by atoms with Gasteiger partial charge in [0.1, 0.15) is 19.8 Å². The predicted molar refractivity (Wildman–Crippen MR) is 119 cm³/mol. The lowest BCUT2D eigenvalue weighted by atomic mass is 10.1. The van der Waals surface area contributed by atoms with Gasteiger partial charge in [-0.3, -0.25) is 14.5 Å². The third-order valence-electron chi connectivity index (χ3n) is 6.08. The van der Waals surface area contributed by atoms with Crippen LogP contribution in [-0.4, -0.2) is 80.3 Å². The van der Waals surface area contributed by atoms with Crippen LogP contribution in [-0.2, 0) is 14.8 Å². The molecule has 9 nitrogen and oxygen atoms in total. The lowest BCUT2D eigenvalue weighted by molar-refractivity contribution is -0.132. The Kier molecular flexibility index (Phi) is 5.34. The summed E-state index contributed by atoms with van der Waals surface area (Å²) in [6.45, 7) is 5.44. The third kappa shape index (κ3) is 3.75. The molecule has 0 aliphatic carbocycles. The van der Waals surface area contributed by atoms with E-state index in [0.717, 1.165) is 5.56 Å². The number of carbonyl (C=O) groups is 2. The zero-order chi connectivity index (χ0) is 23.2. The van der Waals surface area contributed by atoms with Crippen molar-refractivity contribution in [2.75, 3.05) is 45.9 Å². The van der Waals surface area contributed by atoms with Crippen LogP contribution >= 0.6 is 0 Å². The van der Waals surface area contributed by atoms with Gasteiger partial charge in [-0.25, -0.2) is 8.42 Å². The first kappa shape index (κ1) is 21.5. The summed E-state index contributed by atoms with van der Waals surface area (Å²) < 4.78 is 38.5. The van der Waals surface area contributed by atoms with E-state index in [1.54, 1.807) is 23.1 Å². The monoisotopic (exact) mass is 469 g/mol. The minimum Gasteiger partial charge on any atom is -0.486 e. The topological polar surface area (TPSA) is 96.5 Å². The molecule has 33 heavy (non-hydrogen) atoms. The fraction of sp³-hybridized carbons (Fsp3) is 0.304. The highest BCUT2D eigenvalue weighted by atomic mass is 32.2. The molecule has 2 aromatic rings. The predicted octanol–water partition coefficient (Wildman–Crippen LogP) is 1.42. The van der Waals surface area contributed by atoms with Crippen LogP contribution in [0.15, 0.2) is 53.9 Å². The van der Waals surface area contributed by atoms with Gasteiger partial charge in [0.25, 0.3) is 5.91 Å². The molecule has 0 N–H and O–H groups in total. The number of ether oxygens (including phenoxy) is 2. The first-order valence-corrected chi connectivity index (χ1v) is 12.1. The van der Waals surface area contributed by atoms with Gasteiger partial charge in [-0.1, -0.05) is 24.8 Å². The van der Waals surface area contributed by atoms with Crippen LogP contribution in [0.4, 0.5) is 0 Å². The smallest absolute Gasteiger partial charge is 0.259 e. The van der Waals surface area contributed by atoms with Crippen molar-refractivity contribution in [2.24, 2.45) is 0 Å². The quantitative estimate of drug-likeness (QED) is 0.672. The molecule has 0 radical (unpaired) electrons. The van der Waals surface area contributed by atoms with Gasteiger partial charge < -0.3 is 14.4 Å². The Labute approximate surface area is 191 Å². The van der Waals surface area contributed by atoms with Crippen molar-refractivity contribution in [3.8, 4) is 11.5 Å². The number of carbonyl (C=O) groups excluding carboxylic acids is 2. The van der Waals surface area contributed by atoms with Gasteiger partial charge >= 0.3 is 0 Å². The molecule has 0 saturated carbocycles. The zero-order valence-corrected chi connectivity index (χ0v) is 18.7. The Morgan fingerprint density at radius 2 is 1.61 bits per heavy atom. The van der Waals surface area contributed by atoms with Gasteiger partial charge in [0.2, 0.25) is 15.9 Å². The Hall–Kier alpha value is -3.37. The average molecular weight is 470 g/mol. The van der Waals surface area contributed by atoms with E-state index in [1.165, 1.54) is 21.3 Å². The highest BCUT2D eigenvalue weighted by molar-refractivity contribution is 7.89. The zero-order valence-electron chi connectivity index (χ0n) is 17.9. The standard InChI is InChI=1S/C23H23N3O6S/c1-16-18-4-2-3-5-19(18)23(28)26(16)15-22(27)24-8-10-25(11-9-24)33(29,30)17-6-7-20-21(14-17)32-13-12-31-20/h2-7,14H,1,8-13,15H2. The number of hydrogen-bond donors (Lipinski definition) is 0. The van der Waals surface area contributed by atoms with Gasteiger partial charge in [0.15, 0.2) is 11.5 Å². The summed E-state index contributed by atoms with van der Waals surface area (Å²) in [5.74, 6) is 0.445. The largest absolute Gasteiger partial charge is 0.486 e. The van der Waals surface area contributed by atoms with Crippen LogP contribution in [0.1, 0.15) is 15.9 Å². The second-order valence-corrected chi connectivity index (χ2v) is 9.91. The van der Waals surface area contributed by atoms with Crippen molar-refractivity contribution in [1.29, 1.82) is 0 Å². The van der Waals surface area contributed by atoms with E-state index in [9.17, 15) is 18.0 Å². The molecule has 3 aliphatic rings. The van der Waals surface area contributed by atoms with Crippen molar-refractivity contribution < 1.29 is 27.5 Å². The van der Waals surface area contributed by atoms with Gasteiger partial charge in [0.05, 0.1) is 4.90 Å². The summed E-state index contributed by atoms with van der Waals surface area (Å²) in [4.78, 5) is 28.6. The Bertz CT molecular complexity index is 1220. The lowest BCUT2D eigenvalue weighted by Gasteiger charge is -2.35. The Balaban J connectivity index is 1.23. The maximum absolute atomic E-state index is 13.1. The maximum Gasteiger partial charge on any atom is 0.259 e. The first-order chi connectivity index (χ1) is 15.9. The number of rotatable bonds is 4. The number of fused-ring (bicyclic) bond motifs is 2. The number of amides is 2. The van der Waals surface area contributed by atoms with Crippen molar-refractivity contribution in [3.05, 3.63) is 60.2 Å². The van der Waals surface area contributed by atoms with E-state index < -0.39 is 10.0 Å². The van der Waals surface area contributed by atoms with Gasteiger partial charge in [0, 0.05) is 49.1 Å². The highest BCUT2D eigenvalue weighted by Crippen LogP contribution is 2.34. The van der Waals surface area contributed by atoms with E-state index in [4.69, 9.17) is 9.47 Å². The summed E-state index contributed by atoms with van der Waals surface area (Å²) >= 11 is 0. The van der Waals surface area contributed by atoms with Gasteiger partial charge in [-0.05, 0) is 18.2 Å². The fourth-order valence-corrected chi connectivity index (χ4v) is 5.69. The fourth-order valence-electron chi connectivity index (χ4n) is 4.25. The lowest BCUT2D eigenvalue weighted by Crippen LogP contribution is -2.52. The molecule has 1 saturated heterocycles. The maximum atomic E-state index is 13.1. The van der Waals surface area contributed by atoms with Crippen molar-refractivity contribution in [1.82, 2.24) is 14.1 Å². The first-order valence-electron chi connectivity index (χ1n) is 10.6. The van der Waals surface area contributed by atoms with Gasteiger partial charge in [-0.2, -0.15) is 4.31 Å². The van der Waals surface area contributed by atoms with Crippen molar-refractivity contribution in [3.63, 3.8) is 0 Å². The second kappa shape index (κ2) is 8.20. The van der Waals surface area contributed by atoms with E-state index >= 15 is 0 Å². The number of sulfonamides is 1. The minimum absolute atomic E-state index is 0.124. The summed E-state index contributed by atoms with van der Waals surface area (Å²) in [7, 11) is -3.74. The van der Waals surface area contributed by atoms with Crippen LogP contribution in [0.5, 0.6) is 11.5 Å². The number of piperazine rings is 1. The molecule has 10 heteroatoms. The van der Waals surface area contributed by atoms with Crippen LogP contribution in [0.25, 0.3) is 5.70 Å². The molecular formula is C23H23N3O6S. The molecule has 1 fully saturated rings. The molecule has 172 valence electrons. The second-order valence-electron chi connectivity index (χ2n) is 7.97. The molecule has 3 heterocycles. The van der Waals surface area contributed by atoms with E-state index in [2.05, 4.69) is 6.58 Å². The summed E-state index contributed by atoms with van der Waals surface area (Å²) in [6.07, 6.45) is 0. The summed E-state index contributed by atoms with van der Waals surface area (Å²) in [5.41, 5.74) is 1.76. The number of nitrogens with zero attached hydrogens (tertiary/aromatic N) is 3. The third-order valence-corrected chi connectivity index (χ3v) is 7.97. The van der Waals surface area contributed by atoms with Crippen molar-refractivity contribution in [2.45, 2.75) is 4.90 Å². The van der Waals surface area contributed by atoms with Crippen LogP contribution < -0.4 is 9.47 Å². The van der Waals surface area contributed by atoms with Crippen LogP contribution in [0.2, 0.25) is 0 Å².